The van der Waals surface area contributed by atoms with E-state index >= 15 is 0 Å². The van der Waals surface area contributed by atoms with Gasteiger partial charge in [0.05, 0.1) is 12.2 Å². The number of ether oxygens (including phenoxy) is 1. The fourth-order valence-electron chi connectivity index (χ4n) is 0.866. The molecule has 0 bridgehead atoms. The van der Waals surface area contributed by atoms with Gasteiger partial charge in [0.1, 0.15) is 5.83 Å². The van der Waals surface area contributed by atoms with Crippen LogP contribution in [0.4, 0.5) is 4.39 Å². The molecule has 0 radical (unpaired) electrons. The maximum atomic E-state index is 13.3. The van der Waals surface area contributed by atoms with Gasteiger partial charge < -0.3 is 4.74 Å². The van der Waals surface area contributed by atoms with Crippen molar-refractivity contribution in [3.05, 3.63) is 35.2 Å². The highest BCUT2D eigenvalue weighted by Gasteiger charge is 2.11. The van der Waals surface area contributed by atoms with Crippen LogP contribution in [0.5, 0.6) is 0 Å². The van der Waals surface area contributed by atoms with Crippen LogP contribution in [0.25, 0.3) is 0 Å². The van der Waals surface area contributed by atoms with Crippen molar-refractivity contribution in [3.63, 3.8) is 0 Å². The molecule has 0 saturated heterocycles. The Bertz CT molecular complexity index is 321. The molecule has 0 N–H and O–H groups in total. The maximum Gasteiger partial charge on any atom is 0.338 e. The van der Waals surface area contributed by atoms with Crippen LogP contribution in [-0.4, -0.2) is 12.6 Å². The summed E-state index contributed by atoms with van der Waals surface area (Å²) >= 11 is 0. The Labute approximate surface area is 90.1 Å². The van der Waals surface area contributed by atoms with Crippen LogP contribution in [0.1, 0.15) is 27.7 Å². The molecule has 0 fully saturated rings. The fourth-order valence-corrected chi connectivity index (χ4v) is 0.866. The second kappa shape index (κ2) is 6.17. The maximum absolute atomic E-state index is 13.3. The zero-order valence-corrected chi connectivity index (χ0v) is 9.69. The van der Waals surface area contributed by atoms with Gasteiger partial charge in [-0.05, 0) is 39.3 Å². The van der Waals surface area contributed by atoms with Gasteiger partial charge >= 0.3 is 5.97 Å². The number of halogens is 1. The lowest BCUT2D eigenvalue weighted by atomic mass is 10.1. The van der Waals surface area contributed by atoms with Crippen LogP contribution >= 0.6 is 0 Å². The molecule has 0 aliphatic carbocycles. The minimum absolute atomic E-state index is 0.248. The lowest BCUT2D eigenvalue weighted by Gasteiger charge is -2.05. The van der Waals surface area contributed by atoms with Gasteiger partial charge in [-0.2, -0.15) is 0 Å². The van der Waals surface area contributed by atoms with Gasteiger partial charge in [-0.1, -0.05) is 12.2 Å². The Hall–Kier alpha value is -1.38. The molecular formula is C12H17FO2. The Balaban J connectivity index is 5.04. The Morgan fingerprint density at radius 1 is 1.40 bits per heavy atom. The fraction of sp³-hybridized carbons (Fsp3) is 0.417. The van der Waals surface area contributed by atoms with Crippen LogP contribution < -0.4 is 0 Å². The Morgan fingerprint density at radius 2 is 1.93 bits per heavy atom. The zero-order valence-electron chi connectivity index (χ0n) is 9.69. The quantitative estimate of drug-likeness (QED) is 0.406. The van der Waals surface area contributed by atoms with E-state index in [0.717, 1.165) is 6.08 Å². The van der Waals surface area contributed by atoms with E-state index < -0.39 is 11.8 Å². The molecular weight excluding hydrogens is 195 g/mol. The predicted octanol–water partition coefficient (Wildman–Crippen LogP) is 3.32. The summed E-state index contributed by atoms with van der Waals surface area (Å²) in [5.41, 5.74) is 1.25. The molecule has 0 heterocycles. The van der Waals surface area contributed by atoms with E-state index in [1.54, 1.807) is 27.7 Å². The molecule has 0 aliphatic rings. The number of carbonyl (C=O) groups excluding carboxylic acids is 1. The number of hydrogen-bond acceptors (Lipinski definition) is 2. The molecule has 0 saturated carbocycles. The third-order valence-corrected chi connectivity index (χ3v) is 1.71. The normalized spacial score (nSPS) is 10.9. The van der Waals surface area contributed by atoms with Crippen molar-refractivity contribution in [3.8, 4) is 0 Å². The summed E-state index contributed by atoms with van der Waals surface area (Å²) in [6.45, 7) is 10.4. The number of esters is 1. The standard InChI is InChI=1S/C12H17FO2/c1-6-15-12(14)10(8(2)3)7-11(13)9(4)5/h7H,4,6H2,1-3,5H3/b11-7+. The van der Waals surface area contributed by atoms with Gasteiger partial charge in [-0.25, -0.2) is 9.18 Å². The van der Waals surface area contributed by atoms with Crippen molar-refractivity contribution in [1.29, 1.82) is 0 Å². The SMILES string of the molecule is C=C(C)/C(F)=C\C(C(=O)OCC)=C(C)C. The highest BCUT2D eigenvalue weighted by molar-refractivity contribution is 5.92. The van der Waals surface area contributed by atoms with Crippen molar-refractivity contribution in [2.75, 3.05) is 6.61 Å². The molecule has 2 nitrogen and oxygen atoms in total. The lowest BCUT2D eigenvalue weighted by molar-refractivity contribution is -0.138. The molecule has 0 amide bonds. The van der Waals surface area contributed by atoms with Crippen molar-refractivity contribution < 1.29 is 13.9 Å². The molecule has 0 aromatic heterocycles. The minimum Gasteiger partial charge on any atom is -0.462 e. The summed E-state index contributed by atoms with van der Waals surface area (Å²) in [4.78, 5) is 11.4. The number of rotatable bonds is 4. The predicted molar refractivity (Wildman–Crippen MR) is 59.0 cm³/mol. The van der Waals surface area contributed by atoms with E-state index in [0.29, 0.717) is 5.57 Å². The summed E-state index contributed by atoms with van der Waals surface area (Å²) in [7, 11) is 0. The van der Waals surface area contributed by atoms with Crippen molar-refractivity contribution in [1.82, 2.24) is 0 Å². The van der Waals surface area contributed by atoms with E-state index in [1.165, 1.54) is 0 Å². The van der Waals surface area contributed by atoms with E-state index in [-0.39, 0.29) is 17.8 Å². The summed E-state index contributed by atoms with van der Waals surface area (Å²) < 4.78 is 18.1. The molecule has 3 heteroatoms. The number of allylic oxidation sites excluding steroid dienone is 3. The molecule has 0 aromatic carbocycles. The topological polar surface area (TPSA) is 26.3 Å². The highest BCUT2D eigenvalue weighted by atomic mass is 19.1. The zero-order chi connectivity index (χ0) is 12.0. The molecule has 0 rings (SSSR count). The minimum atomic E-state index is -0.506. The van der Waals surface area contributed by atoms with Crippen LogP contribution in [0.3, 0.4) is 0 Å². The first-order valence-corrected chi connectivity index (χ1v) is 4.77. The molecule has 0 unspecified atom stereocenters. The first kappa shape index (κ1) is 13.6. The first-order chi connectivity index (χ1) is 6.90. The van der Waals surface area contributed by atoms with Crippen LogP contribution in [0.15, 0.2) is 35.2 Å². The summed E-state index contributed by atoms with van der Waals surface area (Å²) in [6.07, 6.45) is 1.16. The molecule has 15 heavy (non-hydrogen) atoms. The Kier molecular flexibility index (Phi) is 5.60. The molecule has 0 aromatic rings. The number of hydrogen-bond donors (Lipinski definition) is 0. The highest BCUT2D eigenvalue weighted by Crippen LogP contribution is 2.15. The largest absolute Gasteiger partial charge is 0.462 e. The van der Waals surface area contributed by atoms with Gasteiger partial charge in [0.25, 0.3) is 0 Å². The third-order valence-electron chi connectivity index (χ3n) is 1.71. The Morgan fingerprint density at radius 3 is 2.27 bits per heavy atom. The van der Waals surface area contributed by atoms with Gasteiger partial charge in [-0.15, -0.1) is 0 Å². The van der Waals surface area contributed by atoms with E-state index in [9.17, 15) is 9.18 Å². The van der Waals surface area contributed by atoms with Crippen LogP contribution in [-0.2, 0) is 9.53 Å². The second-order valence-corrected chi connectivity index (χ2v) is 3.41. The van der Waals surface area contributed by atoms with Crippen molar-refractivity contribution in [2.24, 2.45) is 0 Å². The lowest BCUT2D eigenvalue weighted by Crippen LogP contribution is -2.07. The summed E-state index contributed by atoms with van der Waals surface area (Å²) in [5.74, 6) is -1.01. The monoisotopic (exact) mass is 212 g/mol. The van der Waals surface area contributed by atoms with Crippen LogP contribution in [0, 0.1) is 0 Å². The van der Waals surface area contributed by atoms with E-state index in [4.69, 9.17) is 4.74 Å². The first-order valence-electron chi connectivity index (χ1n) is 4.77. The van der Waals surface area contributed by atoms with Gasteiger partial charge in [0.2, 0.25) is 0 Å². The summed E-state index contributed by atoms with van der Waals surface area (Å²) in [5, 5.41) is 0. The van der Waals surface area contributed by atoms with Crippen molar-refractivity contribution in [2.45, 2.75) is 27.7 Å². The van der Waals surface area contributed by atoms with Gasteiger partial charge in [0, 0.05) is 0 Å². The van der Waals surface area contributed by atoms with E-state index in [1.807, 2.05) is 0 Å². The molecule has 0 atom stereocenters. The average Bonchev–Trinajstić information content (AvgIpc) is 2.13. The average molecular weight is 212 g/mol. The smallest absolute Gasteiger partial charge is 0.338 e. The molecule has 0 spiro atoms. The molecule has 84 valence electrons. The number of carbonyl (C=O) groups is 1. The third kappa shape index (κ3) is 4.58. The van der Waals surface area contributed by atoms with Gasteiger partial charge in [0.15, 0.2) is 0 Å². The second-order valence-electron chi connectivity index (χ2n) is 3.41. The summed E-state index contributed by atoms with van der Waals surface area (Å²) in [6, 6.07) is 0. The molecule has 0 aliphatic heterocycles. The van der Waals surface area contributed by atoms with E-state index in [2.05, 4.69) is 6.58 Å². The van der Waals surface area contributed by atoms with Crippen LogP contribution in [0.2, 0.25) is 0 Å². The van der Waals surface area contributed by atoms with Gasteiger partial charge in [-0.3, -0.25) is 0 Å². The van der Waals surface area contributed by atoms with Crippen molar-refractivity contribution >= 4 is 5.97 Å².